The zero-order chi connectivity index (χ0) is 13.5. The lowest BCUT2D eigenvalue weighted by Crippen LogP contribution is -2.28. The van der Waals surface area contributed by atoms with E-state index in [2.05, 4.69) is 6.58 Å². The van der Waals surface area contributed by atoms with E-state index in [9.17, 15) is 0 Å². The molecular weight excluding hydrogens is 240 g/mol. The molecule has 1 atom stereocenters. The van der Waals surface area contributed by atoms with Gasteiger partial charge in [-0.05, 0) is 0 Å². The Morgan fingerprint density at radius 2 is 1.50 bits per heavy atom. The molecule has 18 heavy (non-hydrogen) atoms. The van der Waals surface area contributed by atoms with Gasteiger partial charge in [0.15, 0.2) is 0 Å². The molecule has 6 nitrogen and oxygen atoms in total. The van der Waals surface area contributed by atoms with E-state index < -0.39 is 0 Å². The van der Waals surface area contributed by atoms with Gasteiger partial charge in [-0.3, -0.25) is 0 Å². The Kier molecular flexibility index (Phi) is 14.2. The maximum atomic E-state index is 8.68. The summed E-state index contributed by atoms with van der Waals surface area (Å²) in [7, 11) is 0. The van der Waals surface area contributed by atoms with Crippen molar-refractivity contribution in [3.8, 4) is 0 Å². The average Bonchev–Trinajstić information content (AvgIpc) is 2.39. The fourth-order valence-electron chi connectivity index (χ4n) is 1.14. The van der Waals surface area contributed by atoms with E-state index in [1.807, 2.05) is 0 Å². The van der Waals surface area contributed by atoms with Crippen LogP contribution in [0.5, 0.6) is 0 Å². The highest BCUT2D eigenvalue weighted by atomic mass is 16.6. The highest BCUT2D eigenvalue weighted by Gasteiger charge is 2.09. The highest BCUT2D eigenvalue weighted by molar-refractivity contribution is 4.63. The first-order valence-corrected chi connectivity index (χ1v) is 6.02. The third kappa shape index (κ3) is 12.0. The number of rotatable bonds is 14. The van der Waals surface area contributed by atoms with E-state index >= 15 is 0 Å². The lowest BCUT2D eigenvalue weighted by Gasteiger charge is -2.17. The molecule has 0 fully saturated rings. The minimum Gasteiger partial charge on any atom is -0.394 e. The van der Waals surface area contributed by atoms with E-state index in [0.29, 0.717) is 33.0 Å². The molecule has 0 aromatic heterocycles. The lowest BCUT2D eigenvalue weighted by molar-refractivity contribution is -0.0753. The summed E-state index contributed by atoms with van der Waals surface area (Å²) in [5, 5.41) is 17.3. The Balaban J connectivity index is 3.54. The van der Waals surface area contributed by atoms with E-state index in [-0.39, 0.29) is 32.5 Å². The van der Waals surface area contributed by atoms with Crippen molar-refractivity contribution in [1.29, 1.82) is 0 Å². The van der Waals surface area contributed by atoms with Crippen molar-refractivity contribution in [2.24, 2.45) is 0 Å². The van der Waals surface area contributed by atoms with Gasteiger partial charge in [-0.15, -0.1) is 6.58 Å². The van der Waals surface area contributed by atoms with E-state index in [1.165, 1.54) is 0 Å². The van der Waals surface area contributed by atoms with Crippen LogP contribution in [0, 0.1) is 0 Å². The molecule has 6 heteroatoms. The average molecular weight is 264 g/mol. The van der Waals surface area contributed by atoms with Crippen LogP contribution in [0.3, 0.4) is 0 Å². The van der Waals surface area contributed by atoms with E-state index in [1.54, 1.807) is 6.08 Å². The first-order chi connectivity index (χ1) is 8.85. The number of ether oxygens (including phenoxy) is 4. The molecule has 0 radical (unpaired) electrons. The maximum Gasteiger partial charge on any atom is 0.104 e. The molecule has 0 heterocycles. The monoisotopic (exact) mass is 264 g/mol. The van der Waals surface area contributed by atoms with Gasteiger partial charge in [0.2, 0.25) is 0 Å². The molecule has 0 rings (SSSR count). The molecule has 0 saturated carbocycles. The van der Waals surface area contributed by atoms with Crippen LogP contribution >= 0.6 is 0 Å². The smallest absolute Gasteiger partial charge is 0.104 e. The van der Waals surface area contributed by atoms with Crippen molar-refractivity contribution in [3.05, 3.63) is 12.7 Å². The third-order valence-corrected chi connectivity index (χ3v) is 1.90. The van der Waals surface area contributed by atoms with Crippen LogP contribution in [0.2, 0.25) is 0 Å². The van der Waals surface area contributed by atoms with Crippen molar-refractivity contribution >= 4 is 0 Å². The summed E-state index contributed by atoms with van der Waals surface area (Å²) >= 11 is 0. The number of hydrogen-bond acceptors (Lipinski definition) is 6. The molecule has 0 saturated heterocycles. The molecule has 0 aromatic rings. The van der Waals surface area contributed by atoms with Crippen LogP contribution in [0.25, 0.3) is 0 Å². The van der Waals surface area contributed by atoms with Crippen molar-refractivity contribution in [2.75, 3.05) is 59.5 Å². The van der Waals surface area contributed by atoms with Crippen molar-refractivity contribution < 1.29 is 29.2 Å². The van der Waals surface area contributed by atoms with Gasteiger partial charge in [0.25, 0.3) is 0 Å². The fourth-order valence-corrected chi connectivity index (χ4v) is 1.14. The van der Waals surface area contributed by atoms with E-state index in [0.717, 1.165) is 0 Å². The highest BCUT2D eigenvalue weighted by Crippen LogP contribution is 1.95. The summed E-state index contributed by atoms with van der Waals surface area (Å²) in [5.74, 6) is 0. The lowest BCUT2D eigenvalue weighted by atomic mass is 10.4. The quantitative estimate of drug-likeness (QED) is 0.328. The molecule has 1 unspecified atom stereocenters. The summed E-state index contributed by atoms with van der Waals surface area (Å²) in [5.41, 5.74) is 0. The van der Waals surface area contributed by atoms with Gasteiger partial charge in [0, 0.05) is 0 Å². The molecule has 0 aliphatic carbocycles. The summed E-state index contributed by atoms with van der Waals surface area (Å²) < 4.78 is 21.0. The third-order valence-electron chi connectivity index (χ3n) is 1.90. The van der Waals surface area contributed by atoms with Crippen LogP contribution < -0.4 is 0 Å². The SMILES string of the molecule is C=CCOCCOCC(COCCO)OCCO. The van der Waals surface area contributed by atoms with Gasteiger partial charge < -0.3 is 29.2 Å². The Labute approximate surface area is 108 Å². The summed E-state index contributed by atoms with van der Waals surface area (Å²) in [6.07, 6.45) is 1.43. The molecule has 0 aliphatic heterocycles. The van der Waals surface area contributed by atoms with Crippen molar-refractivity contribution in [1.82, 2.24) is 0 Å². The fraction of sp³-hybridized carbons (Fsp3) is 0.833. The Morgan fingerprint density at radius 3 is 2.11 bits per heavy atom. The van der Waals surface area contributed by atoms with Gasteiger partial charge in [-0.25, -0.2) is 0 Å². The summed E-state index contributed by atoms with van der Waals surface area (Å²) in [6, 6.07) is 0. The predicted octanol–water partition coefficient (Wildman–Crippen LogP) is -0.408. The van der Waals surface area contributed by atoms with Gasteiger partial charge in [-0.2, -0.15) is 0 Å². The Bertz CT molecular complexity index is 176. The number of aliphatic hydroxyl groups is 2. The van der Waals surface area contributed by atoms with Crippen molar-refractivity contribution in [3.63, 3.8) is 0 Å². The zero-order valence-corrected chi connectivity index (χ0v) is 10.8. The maximum absolute atomic E-state index is 8.68. The van der Waals surface area contributed by atoms with Crippen LogP contribution in [-0.2, 0) is 18.9 Å². The van der Waals surface area contributed by atoms with Gasteiger partial charge >= 0.3 is 0 Å². The molecule has 0 bridgehead atoms. The first-order valence-electron chi connectivity index (χ1n) is 6.02. The van der Waals surface area contributed by atoms with Gasteiger partial charge in [0.1, 0.15) is 6.10 Å². The molecule has 2 N–H and O–H groups in total. The zero-order valence-electron chi connectivity index (χ0n) is 10.8. The molecule has 0 aromatic carbocycles. The predicted molar refractivity (Wildman–Crippen MR) is 66.6 cm³/mol. The standard InChI is InChI=1S/C12H24O6/c1-2-5-15-8-9-17-11-12(18-7-4-14)10-16-6-3-13/h2,12-14H,1,3-11H2. The van der Waals surface area contributed by atoms with E-state index in [4.69, 9.17) is 29.2 Å². The number of hydrogen-bond donors (Lipinski definition) is 2. The minimum absolute atomic E-state index is 0.0248. The van der Waals surface area contributed by atoms with Crippen LogP contribution in [0.4, 0.5) is 0 Å². The Morgan fingerprint density at radius 1 is 0.889 bits per heavy atom. The number of aliphatic hydroxyl groups excluding tert-OH is 2. The first kappa shape index (κ1) is 17.5. The molecular formula is C12H24O6. The van der Waals surface area contributed by atoms with Crippen molar-refractivity contribution in [2.45, 2.75) is 6.10 Å². The van der Waals surface area contributed by atoms with Gasteiger partial charge in [-0.1, -0.05) is 6.08 Å². The topological polar surface area (TPSA) is 77.4 Å². The molecule has 0 spiro atoms. The summed E-state index contributed by atoms with van der Waals surface area (Å²) in [6.45, 7) is 6.13. The second kappa shape index (κ2) is 14.6. The van der Waals surface area contributed by atoms with Gasteiger partial charge in [0.05, 0.1) is 59.5 Å². The van der Waals surface area contributed by atoms with Crippen LogP contribution in [0.1, 0.15) is 0 Å². The second-order valence-corrected chi connectivity index (χ2v) is 3.45. The molecule has 0 amide bonds. The van der Waals surface area contributed by atoms with Crippen LogP contribution in [-0.4, -0.2) is 75.8 Å². The largest absolute Gasteiger partial charge is 0.394 e. The Hall–Kier alpha value is -0.500. The normalized spacial score (nSPS) is 12.6. The van der Waals surface area contributed by atoms with Crippen LogP contribution in [0.15, 0.2) is 12.7 Å². The second-order valence-electron chi connectivity index (χ2n) is 3.45. The minimum atomic E-state index is -0.247. The summed E-state index contributed by atoms with van der Waals surface area (Å²) in [4.78, 5) is 0. The molecule has 108 valence electrons. The molecule has 0 aliphatic rings.